The van der Waals surface area contributed by atoms with Crippen LogP contribution in [0.15, 0.2) is 18.2 Å². The Bertz CT molecular complexity index is 464. The monoisotopic (exact) mass is 283 g/mol. The molecule has 2 rings (SSSR count). The summed E-state index contributed by atoms with van der Waals surface area (Å²) in [6.07, 6.45) is 3.81. The molecule has 1 amide bonds. The third-order valence-electron chi connectivity index (χ3n) is 3.53. The van der Waals surface area contributed by atoms with Gasteiger partial charge in [0.25, 0.3) is 5.91 Å². The fourth-order valence-electron chi connectivity index (χ4n) is 2.47. The normalized spacial score (nSPS) is 20.1. The summed E-state index contributed by atoms with van der Waals surface area (Å²) < 4.78 is 0. The van der Waals surface area contributed by atoms with Gasteiger partial charge >= 0.3 is 0 Å². The molecule has 0 aromatic heterocycles. The molecule has 0 radical (unpaired) electrons. The number of carbonyl (C=O) groups is 1. The van der Waals surface area contributed by atoms with E-state index in [9.17, 15) is 15.0 Å². The number of rotatable bonds is 2. The molecule has 0 spiro atoms. The maximum absolute atomic E-state index is 12.5. The summed E-state index contributed by atoms with van der Waals surface area (Å²) in [7, 11) is 0. The van der Waals surface area contributed by atoms with Gasteiger partial charge in [0.05, 0.1) is 23.2 Å². The second-order valence-electron chi connectivity index (χ2n) is 4.85. The minimum Gasteiger partial charge on any atom is -0.508 e. The summed E-state index contributed by atoms with van der Waals surface area (Å²) in [6.45, 7) is 0.582. The van der Waals surface area contributed by atoms with Crippen LogP contribution in [0.25, 0.3) is 0 Å². The Morgan fingerprint density at radius 2 is 2.16 bits per heavy atom. The molecule has 1 aromatic carbocycles. The maximum Gasteiger partial charge on any atom is 0.255 e. The van der Waals surface area contributed by atoms with E-state index in [4.69, 9.17) is 11.6 Å². The maximum atomic E-state index is 12.5. The lowest BCUT2D eigenvalue weighted by Gasteiger charge is -2.29. The molecular formula is C14H18ClNO3. The van der Waals surface area contributed by atoms with E-state index in [1.807, 2.05) is 0 Å². The molecule has 104 valence electrons. The van der Waals surface area contributed by atoms with E-state index in [0.717, 1.165) is 25.7 Å². The highest BCUT2D eigenvalue weighted by Gasteiger charge is 2.27. The number of phenolic OH excluding ortho intramolecular Hbond substituents is 1. The van der Waals surface area contributed by atoms with Crippen molar-refractivity contribution in [2.75, 3.05) is 13.2 Å². The number of carbonyl (C=O) groups excluding carboxylic acids is 1. The summed E-state index contributed by atoms with van der Waals surface area (Å²) in [5.74, 6) is -0.204. The fraction of sp³-hybridized carbons (Fsp3) is 0.500. The molecule has 5 heteroatoms. The molecule has 1 saturated heterocycles. The lowest BCUT2D eigenvalue weighted by molar-refractivity contribution is 0.0599. The van der Waals surface area contributed by atoms with Gasteiger partial charge in [0.2, 0.25) is 0 Å². The van der Waals surface area contributed by atoms with Crippen molar-refractivity contribution in [3.8, 4) is 5.75 Å². The second-order valence-corrected chi connectivity index (χ2v) is 5.26. The number of phenols is 1. The third-order valence-corrected chi connectivity index (χ3v) is 3.86. The number of likely N-dealkylation sites (tertiary alicyclic amines) is 1. The van der Waals surface area contributed by atoms with Gasteiger partial charge in [0.15, 0.2) is 0 Å². The van der Waals surface area contributed by atoms with Gasteiger partial charge in [-0.15, -0.1) is 0 Å². The lowest BCUT2D eigenvalue weighted by atomic mass is 10.1. The fourth-order valence-corrected chi connectivity index (χ4v) is 2.66. The number of aromatic hydroxyl groups is 1. The first-order valence-corrected chi connectivity index (χ1v) is 6.91. The van der Waals surface area contributed by atoms with Crippen molar-refractivity contribution < 1.29 is 15.0 Å². The number of aliphatic hydroxyl groups excluding tert-OH is 1. The van der Waals surface area contributed by atoms with E-state index < -0.39 is 0 Å². The molecule has 0 saturated carbocycles. The van der Waals surface area contributed by atoms with Crippen LogP contribution in [0.1, 0.15) is 36.0 Å². The van der Waals surface area contributed by atoms with Crippen molar-refractivity contribution in [2.24, 2.45) is 0 Å². The van der Waals surface area contributed by atoms with Crippen LogP contribution in [0.4, 0.5) is 0 Å². The predicted molar refractivity (Wildman–Crippen MR) is 73.5 cm³/mol. The van der Waals surface area contributed by atoms with Gasteiger partial charge in [0.1, 0.15) is 5.75 Å². The van der Waals surface area contributed by atoms with Gasteiger partial charge in [-0.2, -0.15) is 0 Å². The third kappa shape index (κ3) is 3.19. The minimum absolute atomic E-state index is 0.0168. The predicted octanol–water partition coefficient (Wildman–Crippen LogP) is 2.42. The summed E-state index contributed by atoms with van der Waals surface area (Å²) in [5.41, 5.74) is 0.294. The quantitative estimate of drug-likeness (QED) is 0.876. The van der Waals surface area contributed by atoms with Crippen LogP contribution >= 0.6 is 11.6 Å². The van der Waals surface area contributed by atoms with Crippen LogP contribution in [0, 0.1) is 0 Å². The molecule has 1 unspecified atom stereocenters. The molecule has 1 aromatic rings. The molecule has 0 aliphatic carbocycles. The van der Waals surface area contributed by atoms with Crippen LogP contribution in [-0.2, 0) is 0 Å². The van der Waals surface area contributed by atoms with Crippen molar-refractivity contribution in [3.63, 3.8) is 0 Å². The first kappa shape index (κ1) is 14.2. The number of aliphatic hydroxyl groups is 1. The lowest BCUT2D eigenvalue weighted by Crippen LogP contribution is -2.42. The van der Waals surface area contributed by atoms with Gasteiger partial charge in [-0.3, -0.25) is 4.79 Å². The zero-order chi connectivity index (χ0) is 13.8. The Morgan fingerprint density at radius 3 is 2.89 bits per heavy atom. The first-order chi connectivity index (χ1) is 9.13. The number of nitrogens with zero attached hydrogens (tertiary/aromatic N) is 1. The SMILES string of the molecule is O=C(c1cc(O)ccc1Cl)N1CCCCCC1CO. The van der Waals surface area contributed by atoms with Crippen molar-refractivity contribution in [1.29, 1.82) is 0 Å². The van der Waals surface area contributed by atoms with Gasteiger partial charge in [-0.25, -0.2) is 0 Å². The van der Waals surface area contributed by atoms with E-state index in [-0.39, 0.29) is 24.3 Å². The summed E-state index contributed by atoms with van der Waals surface area (Å²) >= 11 is 6.02. The zero-order valence-electron chi connectivity index (χ0n) is 10.7. The van der Waals surface area contributed by atoms with Gasteiger partial charge in [-0.1, -0.05) is 24.4 Å². The van der Waals surface area contributed by atoms with Crippen molar-refractivity contribution in [2.45, 2.75) is 31.7 Å². The molecule has 1 aliphatic rings. The van der Waals surface area contributed by atoms with Crippen molar-refractivity contribution in [3.05, 3.63) is 28.8 Å². The van der Waals surface area contributed by atoms with E-state index in [2.05, 4.69) is 0 Å². The zero-order valence-corrected chi connectivity index (χ0v) is 11.4. The molecule has 2 N–H and O–H groups in total. The Labute approximate surface area is 117 Å². The van der Waals surface area contributed by atoms with Crippen molar-refractivity contribution in [1.82, 2.24) is 4.90 Å². The average molecular weight is 284 g/mol. The first-order valence-electron chi connectivity index (χ1n) is 6.54. The molecule has 0 bridgehead atoms. The smallest absolute Gasteiger partial charge is 0.255 e. The molecule has 19 heavy (non-hydrogen) atoms. The molecule has 4 nitrogen and oxygen atoms in total. The van der Waals surface area contributed by atoms with E-state index in [1.165, 1.54) is 18.2 Å². The van der Waals surface area contributed by atoms with E-state index in [0.29, 0.717) is 17.1 Å². The average Bonchev–Trinajstić information content (AvgIpc) is 2.65. The second kappa shape index (κ2) is 6.26. The van der Waals surface area contributed by atoms with Crippen LogP contribution in [0.2, 0.25) is 5.02 Å². The highest BCUT2D eigenvalue weighted by molar-refractivity contribution is 6.33. The Kier molecular flexibility index (Phi) is 4.66. The summed E-state index contributed by atoms with van der Waals surface area (Å²) in [5, 5.41) is 19.2. The van der Waals surface area contributed by atoms with Gasteiger partial charge < -0.3 is 15.1 Å². The van der Waals surface area contributed by atoms with E-state index >= 15 is 0 Å². The van der Waals surface area contributed by atoms with Crippen LogP contribution in [0.5, 0.6) is 5.75 Å². The molecule has 1 fully saturated rings. The van der Waals surface area contributed by atoms with E-state index in [1.54, 1.807) is 4.90 Å². The molecule has 1 atom stereocenters. The number of halogens is 1. The Morgan fingerprint density at radius 1 is 1.37 bits per heavy atom. The highest BCUT2D eigenvalue weighted by Crippen LogP contribution is 2.25. The Hall–Kier alpha value is -1.26. The Balaban J connectivity index is 2.27. The van der Waals surface area contributed by atoms with Gasteiger partial charge in [-0.05, 0) is 31.0 Å². The number of hydrogen-bond acceptors (Lipinski definition) is 3. The molecule has 1 aliphatic heterocycles. The summed E-state index contributed by atoms with van der Waals surface area (Å²) in [6, 6.07) is 4.18. The van der Waals surface area contributed by atoms with Crippen LogP contribution in [0.3, 0.4) is 0 Å². The molecular weight excluding hydrogens is 266 g/mol. The van der Waals surface area contributed by atoms with Crippen LogP contribution in [-0.4, -0.2) is 40.2 Å². The largest absolute Gasteiger partial charge is 0.508 e. The standard InChI is InChI=1S/C14H18ClNO3/c15-13-6-5-11(18)8-12(13)14(19)16-7-3-1-2-4-10(16)9-17/h5-6,8,10,17-18H,1-4,7,9H2. The number of amides is 1. The number of hydrogen-bond donors (Lipinski definition) is 2. The topological polar surface area (TPSA) is 60.8 Å². The molecule has 1 heterocycles. The highest BCUT2D eigenvalue weighted by atomic mass is 35.5. The van der Waals surface area contributed by atoms with Gasteiger partial charge in [0, 0.05) is 6.54 Å². The van der Waals surface area contributed by atoms with Crippen molar-refractivity contribution >= 4 is 17.5 Å². The minimum atomic E-state index is -0.221. The van der Waals surface area contributed by atoms with Crippen LogP contribution < -0.4 is 0 Å². The summed E-state index contributed by atoms with van der Waals surface area (Å²) in [4.78, 5) is 14.2. The number of benzene rings is 1.